The van der Waals surface area contributed by atoms with Crippen molar-refractivity contribution in [3.63, 3.8) is 0 Å². The Morgan fingerprint density at radius 2 is 1.89 bits per heavy atom. The van der Waals surface area contributed by atoms with Crippen LogP contribution in [0.4, 0.5) is 5.69 Å². The molecular formula is C21H30N4O3. The van der Waals surface area contributed by atoms with Crippen LogP contribution in [0, 0.1) is 0 Å². The molecule has 0 aliphatic carbocycles. The molecular weight excluding hydrogens is 356 g/mol. The van der Waals surface area contributed by atoms with Gasteiger partial charge in [0.2, 0.25) is 5.88 Å². The summed E-state index contributed by atoms with van der Waals surface area (Å²) in [5.74, 6) is 0.641. The van der Waals surface area contributed by atoms with Crippen LogP contribution < -0.4 is 9.64 Å². The monoisotopic (exact) mass is 386 g/mol. The average Bonchev–Trinajstić information content (AvgIpc) is 2.68. The van der Waals surface area contributed by atoms with E-state index in [-0.39, 0.29) is 6.10 Å². The first kappa shape index (κ1) is 19.4. The van der Waals surface area contributed by atoms with E-state index in [1.165, 1.54) is 5.69 Å². The number of hydrogen-bond donors (Lipinski definition) is 1. The summed E-state index contributed by atoms with van der Waals surface area (Å²) in [6.45, 7) is 9.84. The van der Waals surface area contributed by atoms with Gasteiger partial charge < -0.3 is 19.5 Å². The molecule has 2 saturated heterocycles. The summed E-state index contributed by atoms with van der Waals surface area (Å²) in [5, 5.41) is 11.7. The van der Waals surface area contributed by atoms with Crippen LogP contribution in [-0.4, -0.2) is 77.6 Å². The highest BCUT2D eigenvalue weighted by Gasteiger charge is 2.33. The van der Waals surface area contributed by atoms with Crippen LogP contribution in [0.25, 0.3) is 10.9 Å². The van der Waals surface area contributed by atoms with Gasteiger partial charge in [0, 0.05) is 64.5 Å². The topological polar surface area (TPSA) is 71.0 Å². The van der Waals surface area contributed by atoms with Gasteiger partial charge in [-0.3, -0.25) is 4.90 Å². The molecule has 152 valence electrons. The Bertz CT molecular complexity index is 799. The first-order valence-corrected chi connectivity index (χ1v) is 10.2. The summed E-state index contributed by atoms with van der Waals surface area (Å²) >= 11 is 0. The normalized spacial score (nSPS) is 20.6. The maximum Gasteiger partial charge on any atom is 0.224 e. The number of β-amino-alcohol motifs (C(OH)–C–C–N with tert-alkyl or cyclic N) is 1. The van der Waals surface area contributed by atoms with Crippen LogP contribution in [0.1, 0.15) is 26.7 Å². The third-order valence-corrected chi connectivity index (χ3v) is 5.61. The maximum absolute atomic E-state index is 10.8. The van der Waals surface area contributed by atoms with E-state index in [9.17, 15) is 5.11 Å². The second kappa shape index (κ2) is 8.19. The Labute approximate surface area is 166 Å². The third-order valence-electron chi connectivity index (χ3n) is 5.61. The molecule has 0 saturated carbocycles. The zero-order valence-corrected chi connectivity index (χ0v) is 16.8. The number of hydrogen-bond acceptors (Lipinski definition) is 7. The summed E-state index contributed by atoms with van der Waals surface area (Å²) in [6.07, 6.45) is 3.09. The predicted octanol–water partition coefficient (Wildman–Crippen LogP) is 2.08. The number of anilines is 1. The lowest BCUT2D eigenvalue weighted by Gasteiger charge is -2.41. The molecule has 0 radical (unpaired) electrons. The van der Waals surface area contributed by atoms with E-state index in [0.717, 1.165) is 56.5 Å². The van der Waals surface area contributed by atoms with Gasteiger partial charge in [-0.1, -0.05) is 0 Å². The van der Waals surface area contributed by atoms with Crippen LogP contribution >= 0.6 is 0 Å². The van der Waals surface area contributed by atoms with Crippen molar-refractivity contribution in [2.45, 2.75) is 38.4 Å². The summed E-state index contributed by atoms with van der Waals surface area (Å²) < 4.78 is 11.3. The molecule has 1 aromatic heterocycles. The minimum absolute atomic E-state index is 0.0706. The van der Waals surface area contributed by atoms with Gasteiger partial charge in [-0.2, -0.15) is 0 Å². The molecule has 28 heavy (non-hydrogen) atoms. The van der Waals surface area contributed by atoms with E-state index < -0.39 is 5.60 Å². The Morgan fingerprint density at radius 3 is 2.61 bits per heavy atom. The average molecular weight is 386 g/mol. The summed E-state index contributed by atoms with van der Waals surface area (Å²) in [4.78, 5) is 13.4. The van der Waals surface area contributed by atoms with Gasteiger partial charge in [0.25, 0.3) is 0 Å². The molecule has 2 aromatic rings. The van der Waals surface area contributed by atoms with E-state index in [1.807, 2.05) is 19.9 Å². The smallest absolute Gasteiger partial charge is 0.224 e. The minimum Gasteiger partial charge on any atom is -0.474 e. The Morgan fingerprint density at radius 1 is 1.14 bits per heavy atom. The second-order valence-electron chi connectivity index (χ2n) is 8.15. The van der Waals surface area contributed by atoms with Gasteiger partial charge in [0.05, 0.1) is 22.6 Å². The number of aromatic nitrogens is 2. The lowest BCUT2D eigenvalue weighted by molar-refractivity contribution is -0.0802. The molecule has 1 N–H and O–H groups in total. The lowest BCUT2D eigenvalue weighted by Crippen LogP contribution is -2.53. The van der Waals surface area contributed by atoms with Crippen molar-refractivity contribution in [3.8, 4) is 5.88 Å². The fourth-order valence-electron chi connectivity index (χ4n) is 4.02. The van der Waals surface area contributed by atoms with Gasteiger partial charge in [-0.05, 0) is 32.0 Å². The molecule has 2 aliphatic heterocycles. The Balaban J connectivity index is 1.43. The van der Waals surface area contributed by atoms with Crippen molar-refractivity contribution in [2.24, 2.45) is 0 Å². The summed E-state index contributed by atoms with van der Waals surface area (Å²) in [5.41, 5.74) is 1.47. The molecule has 4 rings (SSSR count). The molecule has 0 atom stereocenters. The first-order valence-electron chi connectivity index (χ1n) is 10.2. The fraction of sp³-hybridized carbons (Fsp3) is 0.619. The van der Waals surface area contributed by atoms with Gasteiger partial charge >= 0.3 is 0 Å². The quantitative estimate of drug-likeness (QED) is 0.844. The zero-order valence-electron chi connectivity index (χ0n) is 16.8. The first-order chi connectivity index (χ1) is 13.5. The highest BCUT2D eigenvalue weighted by atomic mass is 16.5. The van der Waals surface area contributed by atoms with Crippen molar-refractivity contribution in [2.75, 3.05) is 50.8 Å². The van der Waals surface area contributed by atoms with E-state index >= 15 is 0 Å². The standard InChI is InChI=1S/C21H30N4O3/c1-16(2)28-20-18-13-17(3-4-19(18)22-15-23-20)25-9-7-24(8-10-25)14-21(26)5-11-27-12-6-21/h3-4,13,15-16,26H,5-12,14H2,1-2H3. The van der Waals surface area contributed by atoms with E-state index in [1.54, 1.807) is 6.33 Å². The van der Waals surface area contributed by atoms with E-state index in [2.05, 4.69) is 31.9 Å². The van der Waals surface area contributed by atoms with Crippen molar-refractivity contribution in [1.29, 1.82) is 0 Å². The van der Waals surface area contributed by atoms with E-state index in [4.69, 9.17) is 9.47 Å². The number of rotatable bonds is 5. The van der Waals surface area contributed by atoms with Crippen LogP contribution in [0.5, 0.6) is 5.88 Å². The number of benzene rings is 1. The van der Waals surface area contributed by atoms with Crippen molar-refractivity contribution >= 4 is 16.6 Å². The Kier molecular flexibility index (Phi) is 5.66. The van der Waals surface area contributed by atoms with Crippen molar-refractivity contribution in [1.82, 2.24) is 14.9 Å². The van der Waals surface area contributed by atoms with Crippen LogP contribution in [-0.2, 0) is 4.74 Å². The number of nitrogens with zero attached hydrogens (tertiary/aromatic N) is 4. The van der Waals surface area contributed by atoms with Gasteiger partial charge in [-0.15, -0.1) is 0 Å². The molecule has 0 spiro atoms. The Hall–Kier alpha value is -1.96. The van der Waals surface area contributed by atoms with Crippen LogP contribution in [0.3, 0.4) is 0 Å². The fourth-order valence-corrected chi connectivity index (χ4v) is 4.02. The second-order valence-corrected chi connectivity index (χ2v) is 8.15. The molecule has 0 amide bonds. The highest BCUT2D eigenvalue weighted by molar-refractivity contribution is 5.86. The van der Waals surface area contributed by atoms with Crippen LogP contribution in [0.2, 0.25) is 0 Å². The van der Waals surface area contributed by atoms with Gasteiger partial charge in [0.15, 0.2) is 0 Å². The minimum atomic E-state index is -0.593. The number of fused-ring (bicyclic) bond motifs is 1. The summed E-state index contributed by atoms with van der Waals surface area (Å²) in [7, 11) is 0. The SMILES string of the molecule is CC(C)Oc1ncnc2ccc(N3CCN(CC4(O)CCOCC4)CC3)cc12. The molecule has 2 aliphatic rings. The number of piperazine rings is 1. The molecule has 0 unspecified atom stereocenters. The van der Waals surface area contributed by atoms with E-state index in [0.29, 0.717) is 19.1 Å². The molecule has 0 bridgehead atoms. The number of ether oxygens (including phenoxy) is 2. The van der Waals surface area contributed by atoms with Crippen molar-refractivity contribution in [3.05, 3.63) is 24.5 Å². The number of aliphatic hydroxyl groups is 1. The third kappa shape index (κ3) is 4.37. The van der Waals surface area contributed by atoms with Crippen LogP contribution in [0.15, 0.2) is 24.5 Å². The molecule has 2 fully saturated rings. The van der Waals surface area contributed by atoms with Gasteiger partial charge in [0.1, 0.15) is 6.33 Å². The largest absolute Gasteiger partial charge is 0.474 e. The zero-order chi connectivity index (χ0) is 19.6. The van der Waals surface area contributed by atoms with Gasteiger partial charge in [-0.25, -0.2) is 9.97 Å². The molecule has 7 heteroatoms. The highest BCUT2D eigenvalue weighted by Crippen LogP contribution is 2.28. The predicted molar refractivity (Wildman–Crippen MR) is 109 cm³/mol. The summed E-state index contributed by atoms with van der Waals surface area (Å²) in [6, 6.07) is 6.29. The molecule has 1 aromatic carbocycles. The van der Waals surface area contributed by atoms with Crippen molar-refractivity contribution < 1.29 is 14.6 Å². The molecule has 3 heterocycles. The molecule has 7 nitrogen and oxygen atoms in total. The lowest BCUT2D eigenvalue weighted by atomic mass is 9.93. The maximum atomic E-state index is 10.8.